The number of rotatable bonds is 7. The van der Waals surface area contributed by atoms with Crippen LogP contribution in [-0.4, -0.2) is 25.1 Å². The molecule has 0 spiro atoms. The van der Waals surface area contributed by atoms with Gasteiger partial charge in [-0.15, -0.1) is 0 Å². The highest BCUT2D eigenvalue weighted by molar-refractivity contribution is 5.96. The monoisotopic (exact) mass is 532 g/mol. The highest BCUT2D eigenvalue weighted by Crippen LogP contribution is 2.30. The van der Waals surface area contributed by atoms with Gasteiger partial charge in [0.1, 0.15) is 11.5 Å². The summed E-state index contributed by atoms with van der Waals surface area (Å²) in [7, 11) is 0. The highest BCUT2D eigenvalue weighted by atomic mass is 19.1. The Morgan fingerprint density at radius 2 is 1.90 bits per heavy atom. The van der Waals surface area contributed by atoms with Crippen molar-refractivity contribution in [1.82, 2.24) is 25.1 Å². The molecule has 7 heteroatoms. The van der Waals surface area contributed by atoms with Gasteiger partial charge in [-0.1, -0.05) is 52.1 Å². The number of pyridine rings is 2. The van der Waals surface area contributed by atoms with Gasteiger partial charge < -0.3 is 10.3 Å². The largest absolute Gasteiger partial charge is 0.358 e. The smallest absolute Gasteiger partial charge is 0.123 e. The number of allylic oxidation sites excluding steroid dienone is 2. The first kappa shape index (κ1) is 26.8. The lowest BCUT2D eigenvalue weighted by Gasteiger charge is -2.20. The highest BCUT2D eigenvalue weighted by Gasteiger charge is 2.15. The zero-order valence-corrected chi connectivity index (χ0v) is 23.3. The summed E-state index contributed by atoms with van der Waals surface area (Å²) < 4.78 is 14.0. The summed E-state index contributed by atoms with van der Waals surface area (Å²) in [5, 5.41) is 13.8. The van der Waals surface area contributed by atoms with E-state index in [0.29, 0.717) is 11.3 Å². The lowest BCUT2D eigenvalue weighted by Crippen LogP contribution is -2.23. The van der Waals surface area contributed by atoms with Gasteiger partial charge in [0.2, 0.25) is 0 Å². The molecule has 0 radical (unpaired) electrons. The van der Waals surface area contributed by atoms with Crippen LogP contribution in [0.5, 0.6) is 0 Å². The van der Waals surface area contributed by atoms with Crippen molar-refractivity contribution < 1.29 is 4.39 Å². The van der Waals surface area contributed by atoms with E-state index in [2.05, 4.69) is 64.4 Å². The van der Waals surface area contributed by atoms with Crippen LogP contribution in [0.4, 0.5) is 10.1 Å². The van der Waals surface area contributed by atoms with E-state index in [0.717, 1.165) is 61.8 Å². The molecule has 0 aliphatic rings. The van der Waals surface area contributed by atoms with Crippen LogP contribution in [0.15, 0.2) is 79.9 Å². The lowest BCUT2D eigenvalue weighted by molar-refractivity contribution is 0.411. The van der Waals surface area contributed by atoms with E-state index >= 15 is 0 Å². The molecule has 0 saturated carbocycles. The topological polar surface area (TPSA) is 82.3 Å². The Kier molecular flexibility index (Phi) is 7.22. The van der Waals surface area contributed by atoms with Crippen molar-refractivity contribution in [3.8, 4) is 22.6 Å². The SMILES string of the molecule is C=C(CC(C)(C)C)Nc1cncc(C(=C)/C=c2/c(-c3cc4c(-c5cccc(F)c5)nccc4[nH]3)n[nH]/c2=C/C)c1. The average molecular weight is 533 g/mol. The maximum Gasteiger partial charge on any atom is 0.123 e. The zero-order valence-electron chi connectivity index (χ0n) is 23.3. The number of fused-ring (bicyclic) bond motifs is 1. The molecular formula is C33H33FN6. The van der Waals surface area contributed by atoms with Crippen molar-refractivity contribution in [2.45, 2.75) is 34.1 Å². The summed E-state index contributed by atoms with van der Waals surface area (Å²) in [5.41, 5.74) is 7.48. The molecule has 1 aromatic carbocycles. The van der Waals surface area contributed by atoms with Gasteiger partial charge in [0.25, 0.3) is 0 Å². The quantitative estimate of drug-likeness (QED) is 0.215. The number of nitrogens with one attached hydrogen (secondary N) is 3. The van der Waals surface area contributed by atoms with Gasteiger partial charge in [0.15, 0.2) is 0 Å². The van der Waals surface area contributed by atoms with Crippen LogP contribution in [0, 0.1) is 11.2 Å². The van der Waals surface area contributed by atoms with Crippen molar-refractivity contribution in [2.75, 3.05) is 5.32 Å². The molecule has 0 unspecified atom stereocenters. The molecule has 0 fully saturated rings. The molecule has 3 N–H and O–H groups in total. The van der Waals surface area contributed by atoms with Gasteiger partial charge in [0, 0.05) is 45.3 Å². The van der Waals surface area contributed by atoms with E-state index in [-0.39, 0.29) is 11.2 Å². The molecule has 4 aromatic heterocycles. The third kappa shape index (κ3) is 5.78. The number of aromatic nitrogens is 5. The number of halogens is 1. The molecule has 202 valence electrons. The molecule has 4 heterocycles. The van der Waals surface area contributed by atoms with E-state index in [1.807, 2.05) is 43.3 Å². The second-order valence-electron chi connectivity index (χ2n) is 11.1. The molecule has 0 amide bonds. The minimum absolute atomic E-state index is 0.133. The predicted octanol–water partition coefficient (Wildman–Crippen LogP) is 6.81. The van der Waals surface area contributed by atoms with Gasteiger partial charge in [-0.05, 0) is 60.7 Å². The van der Waals surface area contributed by atoms with Gasteiger partial charge in [-0.25, -0.2) is 4.39 Å². The van der Waals surface area contributed by atoms with Crippen molar-refractivity contribution >= 4 is 34.3 Å². The van der Waals surface area contributed by atoms with E-state index in [9.17, 15) is 4.39 Å². The Labute approximate surface area is 233 Å². The Bertz CT molecular complexity index is 1850. The average Bonchev–Trinajstić information content (AvgIpc) is 3.51. The predicted molar refractivity (Wildman–Crippen MR) is 163 cm³/mol. The third-order valence-corrected chi connectivity index (χ3v) is 6.52. The number of H-pyrrole nitrogens is 2. The molecular weight excluding hydrogens is 499 g/mol. The number of anilines is 1. The van der Waals surface area contributed by atoms with Crippen LogP contribution in [0.2, 0.25) is 0 Å². The minimum atomic E-state index is -0.301. The molecule has 5 aromatic rings. The maximum atomic E-state index is 14.0. The standard InChI is InChI=1S/C33H33FN6/c1-7-28-26(13-20(2)23-15-25(19-35-18-23)37-21(3)17-33(4,5)6)32(40-39-28)30-16-27-29(38-30)11-12-36-31(27)22-9-8-10-24(34)14-22/h7-16,18-19,37-39H,2-3,17H2,1,4-6H3/b26-13+,28-7+. The second-order valence-corrected chi connectivity index (χ2v) is 11.1. The van der Waals surface area contributed by atoms with Gasteiger partial charge in [-0.2, -0.15) is 5.10 Å². The number of nitrogens with zero attached hydrogens (tertiary/aromatic N) is 3. The fourth-order valence-corrected chi connectivity index (χ4v) is 4.81. The summed E-state index contributed by atoms with van der Waals surface area (Å²) >= 11 is 0. The number of aromatic amines is 2. The molecule has 5 rings (SSSR count). The van der Waals surface area contributed by atoms with Crippen molar-refractivity contribution in [3.63, 3.8) is 0 Å². The van der Waals surface area contributed by atoms with Gasteiger partial charge in [0.05, 0.1) is 28.6 Å². The first-order valence-corrected chi connectivity index (χ1v) is 13.2. The van der Waals surface area contributed by atoms with Crippen LogP contribution in [0.25, 0.3) is 51.3 Å². The van der Waals surface area contributed by atoms with E-state index in [1.165, 1.54) is 12.1 Å². The van der Waals surface area contributed by atoms with Crippen LogP contribution < -0.4 is 15.9 Å². The fourth-order valence-electron chi connectivity index (χ4n) is 4.81. The van der Waals surface area contributed by atoms with Gasteiger partial charge >= 0.3 is 0 Å². The first-order valence-electron chi connectivity index (χ1n) is 13.2. The molecule has 0 aliphatic heterocycles. The van der Waals surface area contributed by atoms with Crippen molar-refractivity contribution in [2.24, 2.45) is 5.41 Å². The van der Waals surface area contributed by atoms with Crippen molar-refractivity contribution in [3.05, 3.63) is 102 Å². The van der Waals surface area contributed by atoms with Crippen LogP contribution in [0.3, 0.4) is 0 Å². The summed E-state index contributed by atoms with van der Waals surface area (Å²) in [6.45, 7) is 17.0. The Hall–Kier alpha value is -4.78. The minimum Gasteiger partial charge on any atom is -0.358 e. The Morgan fingerprint density at radius 3 is 2.65 bits per heavy atom. The summed E-state index contributed by atoms with van der Waals surface area (Å²) in [5.74, 6) is -0.301. The number of hydrogen-bond acceptors (Lipinski definition) is 4. The molecule has 0 atom stereocenters. The van der Waals surface area contributed by atoms with Crippen LogP contribution in [0.1, 0.15) is 39.7 Å². The normalized spacial score (nSPS) is 12.7. The van der Waals surface area contributed by atoms with Crippen molar-refractivity contribution in [1.29, 1.82) is 0 Å². The van der Waals surface area contributed by atoms with Gasteiger partial charge in [-0.3, -0.25) is 15.1 Å². The van der Waals surface area contributed by atoms with E-state index in [4.69, 9.17) is 0 Å². The third-order valence-electron chi connectivity index (χ3n) is 6.52. The van der Waals surface area contributed by atoms with Crippen LogP contribution >= 0.6 is 0 Å². The van der Waals surface area contributed by atoms with Crippen LogP contribution in [-0.2, 0) is 0 Å². The molecule has 6 nitrogen and oxygen atoms in total. The fraction of sp³-hybridized carbons (Fsp3) is 0.182. The molecule has 40 heavy (non-hydrogen) atoms. The number of hydrogen-bond donors (Lipinski definition) is 3. The molecule has 0 bridgehead atoms. The Balaban J connectivity index is 1.52. The first-order chi connectivity index (χ1) is 19.1. The summed E-state index contributed by atoms with van der Waals surface area (Å²) in [6.07, 6.45) is 10.1. The zero-order chi connectivity index (χ0) is 28.4. The molecule has 0 saturated heterocycles. The van der Waals surface area contributed by atoms with E-state index in [1.54, 1.807) is 24.7 Å². The molecule has 0 aliphatic carbocycles. The summed E-state index contributed by atoms with van der Waals surface area (Å²) in [4.78, 5) is 12.4. The summed E-state index contributed by atoms with van der Waals surface area (Å²) in [6, 6.07) is 12.4. The number of benzene rings is 1. The van der Waals surface area contributed by atoms with E-state index < -0.39 is 0 Å². The lowest BCUT2D eigenvalue weighted by atomic mass is 9.91. The maximum absolute atomic E-state index is 14.0. The Morgan fingerprint density at radius 1 is 1.07 bits per heavy atom. The second kappa shape index (κ2) is 10.8.